The number of hydrogen-bond donors (Lipinski definition) is 1. The number of non-ortho nitro benzene ring substituents is 1. The SMILES string of the molecule is O=[N+]([O-])c1cccc(CC2CCCC2O)c1. The van der Waals surface area contributed by atoms with E-state index in [1.54, 1.807) is 12.1 Å². The van der Waals surface area contributed by atoms with Crippen LogP contribution in [0.15, 0.2) is 24.3 Å². The summed E-state index contributed by atoms with van der Waals surface area (Å²) in [6, 6.07) is 6.69. The lowest BCUT2D eigenvalue weighted by atomic mass is 9.96. The highest BCUT2D eigenvalue weighted by Gasteiger charge is 2.25. The Hall–Kier alpha value is -1.42. The first-order chi connectivity index (χ1) is 7.66. The summed E-state index contributed by atoms with van der Waals surface area (Å²) in [7, 11) is 0. The van der Waals surface area contributed by atoms with Crippen LogP contribution >= 0.6 is 0 Å². The second-order valence-electron chi connectivity index (χ2n) is 4.39. The first-order valence-electron chi connectivity index (χ1n) is 5.58. The Morgan fingerprint density at radius 3 is 2.88 bits per heavy atom. The fraction of sp³-hybridized carbons (Fsp3) is 0.500. The highest BCUT2D eigenvalue weighted by Crippen LogP contribution is 2.29. The molecule has 4 nitrogen and oxygen atoms in total. The number of aliphatic hydroxyl groups is 1. The maximum absolute atomic E-state index is 10.6. The Labute approximate surface area is 94.1 Å². The van der Waals surface area contributed by atoms with Gasteiger partial charge >= 0.3 is 0 Å². The van der Waals surface area contributed by atoms with Crippen molar-refractivity contribution in [1.29, 1.82) is 0 Å². The maximum atomic E-state index is 10.6. The summed E-state index contributed by atoms with van der Waals surface area (Å²) in [6.45, 7) is 0. The van der Waals surface area contributed by atoms with E-state index in [9.17, 15) is 15.2 Å². The van der Waals surface area contributed by atoms with Gasteiger partial charge in [-0.1, -0.05) is 18.6 Å². The van der Waals surface area contributed by atoms with Gasteiger partial charge in [-0.3, -0.25) is 10.1 Å². The van der Waals surface area contributed by atoms with Gasteiger partial charge in [0, 0.05) is 12.1 Å². The average Bonchev–Trinajstić information content (AvgIpc) is 2.65. The van der Waals surface area contributed by atoms with Crippen LogP contribution in [0.5, 0.6) is 0 Å². The predicted molar refractivity (Wildman–Crippen MR) is 60.1 cm³/mol. The van der Waals surface area contributed by atoms with Gasteiger partial charge in [0.15, 0.2) is 0 Å². The molecule has 0 saturated heterocycles. The minimum atomic E-state index is -0.380. The zero-order chi connectivity index (χ0) is 11.5. The fourth-order valence-electron chi connectivity index (χ4n) is 2.36. The standard InChI is InChI=1S/C12H15NO3/c14-12-6-2-4-10(12)7-9-3-1-5-11(8-9)13(15)16/h1,3,5,8,10,12,14H,2,4,6-7H2. The number of nitro benzene ring substituents is 1. The molecule has 16 heavy (non-hydrogen) atoms. The van der Waals surface area contributed by atoms with Crippen molar-refractivity contribution in [3.05, 3.63) is 39.9 Å². The van der Waals surface area contributed by atoms with Crippen molar-refractivity contribution in [2.45, 2.75) is 31.8 Å². The summed E-state index contributed by atoms with van der Waals surface area (Å²) in [5.41, 5.74) is 1.07. The third kappa shape index (κ3) is 2.39. The van der Waals surface area contributed by atoms with E-state index in [2.05, 4.69) is 0 Å². The molecule has 1 saturated carbocycles. The van der Waals surface area contributed by atoms with E-state index in [0.717, 1.165) is 31.2 Å². The number of nitrogens with zero attached hydrogens (tertiary/aromatic N) is 1. The van der Waals surface area contributed by atoms with E-state index in [1.807, 2.05) is 6.07 Å². The van der Waals surface area contributed by atoms with Crippen LogP contribution in [-0.2, 0) is 6.42 Å². The molecule has 1 aliphatic rings. The molecule has 1 N–H and O–H groups in total. The van der Waals surface area contributed by atoms with Crippen LogP contribution in [0.2, 0.25) is 0 Å². The lowest BCUT2D eigenvalue weighted by Crippen LogP contribution is -2.15. The molecule has 86 valence electrons. The third-order valence-corrected chi connectivity index (χ3v) is 3.24. The predicted octanol–water partition coefficient (Wildman–Crippen LogP) is 2.30. The number of benzene rings is 1. The number of aliphatic hydroxyl groups excluding tert-OH is 1. The van der Waals surface area contributed by atoms with Crippen LogP contribution in [0.1, 0.15) is 24.8 Å². The molecule has 0 radical (unpaired) electrons. The van der Waals surface area contributed by atoms with Crippen molar-refractivity contribution in [3.63, 3.8) is 0 Å². The molecule has 0 aromatic heterocycles. The second kappa shape index (κ2) is 4.61. The van der Waals surface area contributed by atoms with Crippen molar-refractivity contribution >= 4 is 5.69 Å². The lowest BCUT2D eigenvalue weighted by Gasteiger charge is -2.13. The third-order valence-electron chi connectivity index (χ3n) is 3.24. The second-order valence-corrected chi connectivity index (χ2v) is 4.39. The van der Waals surface area contributed by atoms with Gasteiger partial charge in [0.2, 0.25) is 0 Å². The van der Waals surface area contributed by atoms with Crippen LogP contribution < -0.4 is 0 Å². The molecule has 0 heterocycles. The number of rotatable bonds is 3. The molecule has 0 bridgehead atoms. The first-order valence-corrected chi connectivity index (χ1v) is 5.58. The van der Waals surface area contributed by atoms with E-state index in [-0.39, 0.29) is 22.6 Å². The van der Waals surface area contributed by atoms with Crippen LogP contribution in [0.4, 0.5) is 5.69 Å². The summed E-state index contributed by atoms with van der Waals surface area (Å²) >= 11 is 0. The van der Waals surface area contributed by atoms with Crippen molar-refractivity contribution in [2.24, 2.45) is 5.92 Å². The molecule has 2 atom stereocenters. The Morgan fingerprint density at radius 2 is 2.25 bits per heavy atom. The number of hydrogen-bond acceptors (Lipinski definition) is 3. The summed E-state index contributed by atoms with van der Waals surface area (Å²) in [5.74, 6) is 0.266. The van der Waals surface area contributed by atoms with Crippen LogP contribution in [-0.4, -0.2) is 16.1 Å². The Bertz CT molecular complexity index is 392. The summed E-state index contributed by atoms with van der Waals surface area (Å²) < 4.78 is 0. The van der Waals surface area contributed by atoms with E-state index in [0.29, 0.717) is 0 Å². The van der Waals surface area contributed by atoms with E-state index in [4.69, 9.17) is 0 Å². The van der Waals surface area contributed by atoms with Crippen LogP contribution in [0.3, 0.4) is 0 Å². The molecule has 1 aromatic rings. The van der Waals surface area contributed by atoms with Crippen molar-refractivity contribution in [2.75, 3.05) is 0 Å². The van der Waals surface area contributed by atoms with Gasteiger partial charge in [-0.2, -0.15) is 0 Å². The zero-order valence-corrected chi connectivity index (χ0v) is 9.00. The fourth-order valence-corrected chi connectivity index (χ4v) is 2.36. The Morgan fingerprint density at radius 1 is 1.44 bits per heavy atom. The minimum Gasteiger partial charge on any atom is -0.393 e. The summed E-state index contributed by atoms with van der Waals surface area (Å²) in [4.78, 5) is 10.2. The van der Waals surface area contributed by atoms with Crippen molar-refractivity contribution in [1.82, 2.24) is 0 Å². The molecule has 4 heteroatoms. The minimum absolute atomic E-state index is 0.130. The molecular weight excluding hydrogens is 206 g/mol. The van der Waals surface area contributed by atoms with Crippen LogP contribution in [0.25, 0.3) is 0 Å². The highest BCUT2D eigenvalue weighted by atomic mass is 16.6. The summed E-state index contributed by atoms with van der Waals surface area (Å²) in [5, 5.41) is 20.3. The van der Waals surface area contributed by atoms with Gasteiger partial charge in [0.1, 0.15) is 0 Å². The van der Waals surface area contributed by atoms with E-state index >= 15 is 0 Å². The lowest BCUT2D eigenvalue weighted by molar-refractivity contribution is -0.384. The molecule has 0 amide bonds. The molecular formula is C12H15NO3. The molecule has 1 aliphatic carbocycles. The Kier molecular flexibility index (Phi) is 3.19. The van der Waals surface area contributed by atoms with E-state index in [1.165, 1.54) is 6.07 Å². The molecule has 2 unspecified atom stereocenters. The maximum Gasteiger partial charge on any atom is 0.269 e. The quantitative estimate of drug-likeness (QED) is 0.629. The van der Waals surface area contributed by atoms with Crippen molar-refractivity contribution < 1.29 is 10.0 Å². The van der Waals surface area contributed by atoms with Crippen LogP contribution in [0, 0.1) is 16.0 Å². The number of nitro groups is 1. The molecule has 2 rings (SSSR count). The molecule has 1 fully saturated rings. The molecule has 0 spiro atoms. The average molecular weight is 221 g/mol. The molecule has 1 aromatic carbocycles. The summed E-state index contributed by atoms with van der Waals surface area (Å²) in [6.07, 6.45) is 3.44. The van der Waals surface area contributed by atoms with Gasteiger partial charge in [0.25, 0.3) is 5.69 Å². The highest BCUT2D eigenvalue weighted by molar-refractivity contribution is 5.34. The first kappa shape index (κ1) is 11.1. The van der Waals surface area contributed by atoms with E-state index < -0.39 is 0 Å². The zero-order valence-electron chi connectivity index (χ0n) is 9.00. The topological polar surface area (TPSA) is 63.4 Å². The van der Waals surface area contributed by atoms with Gasteiger partial charge in [-0.15, -0.1) is 0 Å². The monoisotopic (exact) mass is 221 g/mol. The largest absolute Gasteiger partial charge is 0.393 e. The Balaban J connectivity index is 2.09. The smallest absolute Gasteiger partial charge is 0.269 e. The van der Waals surface area contributed by atoms with Gasteiger partial charge in [0.05, 0.1) is 11.0 Å². The molecule has 0 aliphatic heterocycles. The van der Waals surface area contributed by atoms with Gasteiger partial charge in [-0.25, -0.2) is 0 Å². The normalized spacial score (nSPS) is 24.6. The van der Waals surface area contributed by atoms with Gasteiger partial charge in [-0.05, 0) is 30.7 Å². The van der Waals surface area contributed by atoms with Gasteiger partial charge < -0.3 is 5.11 Å². The van der Waals surface area contributed by atoms with Crippen molar-refractivity contribution in [3.8, 4) is 0 Å².